The zero-order valence-electron chi connectivity index (χ0n) is 11.1. The number of carbonyl (C=O) groups excluding carboxylic acids is 1. The maximum atomic E-state index is 12.3. The highest BCUT2D eigenvalue weighted by Crippen LogP contribution is 2.29. The van der Waals surface area contributed by atoms with Gasteiger partial charge in [-0.1, -0.05) is 15.9 Å². The smallest absolute Gasteiger partial charge is 0.250 e. The largest absolute Gasteiger partial charge is 0.488 e. The fraction of sp³-hybridized carbons (Fsp3) is 0.400. The van der Waals surface area contributed by atoms with Crippen LogP contribution in [0.2, 0.25) is 0 Å². The molecule has 2 N–H and O–H groups in total. The molecule has 0 unspecified atom stereocenters. The number of hydrogen-bond donors (Lipinski definition) is 2. The van der Waals surface area contributed by atoms with Crippen molar-refractivity contribution < 1.29 is 9.53 Å². The highest BCUT2D eigenvalue weighted by molar-refractivity contribution is 9.10. The summed E-state index contributed by atoms with van der Waals surface area (Å²) >= 11 is 3.43. The molecule has 0 aromatic heterocycles. The van der Waals surface area contributed by atoms with E-state index in [4.69, 9.17) is 4.74 Å². The summed E-state index contributed by atoms with van der Waals surface area (Å²) in [4.78, 5) is 12.3. The molecule has 5 heteroatoms. The van der Waals surface area contributed by atoms with Crippen molar-refractivity contribution in [2.75, 3.05) is 19.7 Å². The standard InChI is InChI=1S/C15H17BrN2O2/c16-12-3-4-14-10(7-12)6-11(9-20-14)15(19)18-13-2-1-5-17-8-13/h3-4,6-7,13,17H,1-2,5,8-9H2,(H,18,19)/t13-/m0/s1. The van der Waals surface area contributed by atoms with Crippen LogP contribution >= 0.6 is 15.9 Å². The molecule has 1 aromatic carbocycles. The van der Waals surface area contributed by atoms with E-state index in [1.165, 1.54) is 0 Å². The van der Waals surface area contributed by atoms with E-state index < -0.39 is 0 Å². The second kappa shape index (κ2) is 5.97. The second-order valence-electron chi connectivity index (χ2n) is 5.16. The van der Waals surface area contributed by atoms with Gasteiger partial charge in [-0.05, 0) is 43.7 Å². The predicted octanol–water partition coefficient (Wildman–Crippen LogP) is 2.09. The lowest BCUT2D eigenvalue weighted by atomic mass is 10.0. The van der Waals surface area contributed by atoms with Crippen molar-refractivity contribution in [1.29, 1.82) is 0 Å². The predicted molar refractivity (Wildman–Crippen MR) is 81.6 cm³/mol. The quantitative estimate of drug-likeness (QED) is 0.869. The Morgan fingerprint density at radius 1 is 1.45 bits per heavy atom. The van der Waals surface area contributed by atoms with Gasteiger partial charge in [0.2, 0.25) is 0 Å². The molecule has 1 amide bonds. The fourth-order valence-corrected chi connectivity index (χ4v) is 2.91. The fourth-order valence-electron chi connectivity index (χ4n) is 2.53. The summed E-state index contributed by atoms with van der Waals surface area (Å²) in [5, 5.41) is 6.37. The van der Waals surface area contributed by atoms with E-state index in [0.29, 0.717) is 12.2 Å². The van der Waals surface area contributed by atoms with E-state index in [9.17, 15) is 4.79 Å². The van der Waals surface area contributed by atoms with Crippen molar-refractivity contribution in [3.8, 4) is 5.75 Å². The minimum absolute atomic E-state index is 0.0238. The van der Waals surface area contributed by atoms with E-state index in [1.54, 1.807) is 0 Å². The van der Waals surface area contributed by atoms with Gasteiger partial charge in [-0.15, -0.1) is 0 Å². The van der Waals surface area contributed by atoms with Gasteiger partial charge < -0.3 is 15.4 Å². The van der Waals surface area contributed by atoms with Gasteiger partial charge in [-0.2, -0.15) is 0 Å². The number of hydrogen-bond acceptors (Lipinski definition) is 3. The first-order valence-electron chi connectivity index (χ1n) is 6.87. The molecule has 2 heterocycles. The van der Waals surface area contributed by atoms with Crippen LogP contribution in [0.5, 0.6) is 5.75 Å². The molecule has 1 aromatic rings. The lowest BCUT2D eigenvalue weighted by Gasteiger charge is -2.25. The average molecular weight is 337 g/mol. The van der Waals surface area contributed by atoms with Gasteiger partial charge in [0.25, 0.3) is 5.91 Å². The van der Waals surface area contributed by atoms with E-state index >= 15 is 0 Å². The first-order valence-corrected chi connectivity index (χ1v) is 7.66. The summed E-state index contributed by atoms with van der Waals surface area (Å²) in [5.74, 6) is 0.799. The van der Waals surface area contributed by atoms with Crippen LogP contribution in [-0.2, 0) is 4.79 Å². The van der Waals surface area contributed by atoms with Crippen LogP contribution in [-0.4, -0.2) is 31.6 Å². The third-order valence-corrected chi connectivity index (χ3v) is 4.10. The highest BCUT2D eigenvalue weighted by atomic mass is 79.9. The zero-order valence-corrected chi connectivity index (χ0v) is 12.7. The molecule has 1 fully saturated rings. The molecule has 2 aliphatic rings. The summed E-state index contributed by atoms with van der Waals surface area (Å²) < 4.78 is 6.62. The van der Waals surface area contributed by atoms with E-state index in [2.05, 4.69) is 26.6 Å². The first-order chi connectivity index (χ1) is 9.72. The molecule has 0 bridgehead atoms. The molecule has 0 radical (unpaired) electrons. The van der Waals surface area contributed by atoms with Gasteiger partial charge in [0.1, 0.15) is 12.4 Å². The molecule has 0 aliphatic carbocycles. The molecule has 20 heavy (non-hydrogen) atoms. The minimum atomic E-state index is -0.0238. The Morgan fingerprint density at radius 2 is 2.35 bits per heavy atom. The number of piperidine rings is 1. The maximum absolute atomic E-state index is 12.3. The summed E-state index contributed by atoms with van der Waals surface area (Å²) in [6.45, 7) is 2.22. The average Bonchev–Trinajstić information content (AvgIpc) is 2.47. The van der Waals surface area contributed by atoms with E-state index in [1.807, 2.05) is 24.3 Å². The number of halogens is 1. The molecule has 4 nitrogen and oxygen atoms in total. The van der Waals surface area contributed by atoms with Crippen molar-refractivity contribution in [3.05, 3.63) is 33.8 Å². The van der Waals surface area contributed by atoms with Crippen molar-refractivity contribution in [2.45, 2.75) is 18.9 Å². The molecule has 0 spiro atoms. The molecule has 3 rings (SSSR count). The lowest BCUT2D eigenvalue weighted by Crippen LogP contribution is -2.46. The van der Waals surface area contributed by atoms with Crippen LogP contribution in [0.15, 0.2) is 28.2 Å². The van der Waals surface area contributed by atoms with E-state index in [0.717, 1.165) is 41.7 Å². The van der Waals surface area contributed by atoms with Gasteiger partial charge >= 0.3 is 0 Å². The Kier molecular flexibility index (Phi) is 4.08. The number of nitrogens with one attached hydrogen (secondary N) is 2. The molecule has 1 atom stereocenters. The highest BCUT2D eigenvalue weighted by Gasteiger charge is 2.21. The van der Waals surface area contributed by atoms with Gasteiger partial charge in [0.05, 0.1) is 5.57 Å². The van der Waals surface area contributed by atoms with E-state index in [-0.39, 0.29) is 11.9 Å². The SMILES string of the molecule is O=C(N[C@H]1CCCNC1)C1=Cc2cc(Br)ccc2OC1. The summed E-state index contributed by atoms with van der Waals surface area (Å²) in [5.41, 5.74) is 1.62. The topological polar surface area (TPSA) is 50.4 Å². The lowest BCUT2D eigenvalue weighted by molar-refractivity contribution is -0.118. The maximum Gasteiger partial charge on any atom is 0.250 e. The summed E-state index contributed by atoms with van der Waals surface area (Å²) in [6, 6.07) is 6.03. The van der Waals surface area contributed by atoms with Crippen LogP contribution in [0.25, 0.3) is 6.08 Å². The summed E-state index contributed by atoms with van der Waals surface area (Å²) in [6.07, 6.45) is 4.06. The number of fused-ring (bicyclic) bond motifs is 1. The third-order valence-electron chi connectivity index (χ3n) is 3.61. The number of benzene rings is 1. The van der Waals surface area contributed by atoms with Crippen molar-refractivity contribution in [1.82, 2.24) is 10.6 Å². The molecule has 0 saturated carbocycles. The van der Waals surface area contributed by atoms with Crippen molar-refractivity contribution >= 4 is 27.9 Å². The second-order valence-corrected chi connectivity index (χ2v) is 6.07. The van der Waals surface area contributed by atoms with Crippen molar-refractivity contribution in [2.24, 2.45) is 0 Å². The Morgan fingerprint density at radius 3 is 3.15 bits per heavy atom. The minimum Gasteiger partial charge on any atom is -0.488 e. The molecule has 2 aliphatic heterocycles. The van der Waals surface area contributed by atoms with Crippen LogP contribution in [0.4, 0.5) is 0 Å². The molecule has 106 valence electrons. The zero-order chi connectivity index (χ0) is 13.9. The third kappa shape index (κ3) is 3.04. The Labute approximate surface area is 126 Å². The number of rotatable bonds is 2. The Hall–Kier alpha value is -1.33. The van der Waals surface area contributed by atoms with Gasteiger partial charge in [0, 0.05) is 22.6 Å². The van der Waals surface area contributed by atoms with Gasteiger partial charge in [-0.25, -0.2) is 0 Å². The van der Waals surface area contributed by atoms with Crippen LogP contribution in [0.3, 0.4) is 0 Å². The molecular formula is C15H17BrN2O2. The molecular weight excluding hydrogens is 320 g/mol. The normalized spacial score (nSPS) is 21.4. The first kappa shape index (κ1) is 13.6. The Balaban J connectivity index is 1.72. The van der Waals surface area contributed by atoms with Crippen molar-refractivity contribution in [3.63, 3.8) is 0 Å². The van der Waals surface area contributed by atoms with Crippen LogP contribution in [0.1, 0.15) is 18.4 Å². The van der Waals surface area contributed by atoms with Gasteiger partial charge in [-0.3, -0.25) is 4.79 Å². The summed E-state index contributed by atoms with van der Waals surface area (Å²) in [7, 11) is 0. The monoisotopic (exact) mass is 336 g/mol. The van der Waals surface area contributed by atoms with Crippen LogP contribution < -0.4 is 15.4 Å². The number of carbonyl (C=O) groups is 1. The van der Waals surface area contributed by atoms with Crippen LogP contribution in [0, 0.1) is 0 Å². The molecule has 1 saturated heterocycles. The number of ether oxygens (including phenoxy) is 1. The Bertz CT molecular complexity index is 551. The number of amides is 1. The van der Waals surface area contributed by atoms with Gasteiger partial charge in [0.15, 0.2) is 0 Å².